The Bertz CT molecular complexity index is 437. The molecule has 0 fully saturated rings. The normalized spacial score (nSPS) is 19.5. The molecular formula is C13H16N2O. The lowest BCUT2D eigenvalue weighted by Gasteiger charge is -2.01. The van der Waals surface area contributed by atoms with Crippen molar-refractivity contribution in [2.75, 3.05) is 0 Å². The van der Waals surface area contributed by atoms with Gasteiger partial charge in [0, 0.05) is 5.56 Å². The third kappa shape index (κ3) is 2.13. The van der Waals surface area contributed by atoms with E-state index in [1.54, 1.807) is 0 Å². The molecule has 1 amide bonds. The number of carbonyl (C=O) groups excluding carboxylic acids is 1. The Morgan fingerprint density at radius 3 is 2.94 bits per heavy atom. The summed E-state index contributed by atoms with van der Waals surface area (Å²) in [6.45, 7) is 4.10. The Morgan fingerprint density at radius 1 is 1.44 bits per heavy atom. The molecule has 1 aromatic carbocycles. The van der Waals surface area contributed by atoms with Crippen LogP contribution < -0.4 is 5.32 Å². The Kier molecular flexibility index (Phi) is 3.04. The van der Waals surface area contributed by atoms with Crippen LogP contribution in [0.2, 0.25) is 0 Å². The summed E-state index contributed by atoms with van der Waals surface area (Å²) in [5, 5.41) is 2.84. The van der Waals surface area contributed by atoms with Crippen LogP contribution in [0.15, 0.2) is 29.3 Å². The summed E-state index contributed by atoms with van der Waals surface area (Å²) in [6, 6.07) is 7.82. The highest BCUT2D eigenvalue weighted by Crippen LogP contribution is 2.13. The fourth-order valence-corrected chi connectivity index (χ4v) is 1.85. The van der Waals surface area contributed by atoms with Crippen LogP contribution >= 0.6 is 0 Å². The number of hydrogen-bond donors (Lipinski definition) is 1. The summed E-state index contributed by atoms with van der Waals surface area (Å²) >= 11 is 0. The van der Waals surface area contributed by atoms with Gasteiger partial charge in [0.15, 0.2) is 0 Å². The van der Waals surface area contributed by atoms with E-state index in [1.165, 1.54) is 5.56 Å². The highest BCUT2D eigenvalue weighted by atomic mass is 16.2. The zero-order valence-electron chi connectivity index (χ0n) is 9.66. The summed E-state index contributed by atoms with van der Waals surface area (Å²) < 4.78 is 0. The molecule has 0 radical (unpaired) electrons. The Labute approximate surface area is 95.6 Å². The van der Waals surface area contributed by atoms with Crippen LogP contribution in [0.5, 0.6) is 0 Å². The predicted octanol–water partition coefficient (Wildman–Crippen LogP) is 2.04. The van der Waals surface area contributed by atoms with Gasteiger partial charge in [0.05, 0.1) is 0 Å². The number of hydrogen-bond acceptors (Lipinski definition) is 2. The van der Waals surface area contributed by atoms with Crippen LogP contribution in [0.4, 0.5) is 0 Å². The quantitative estimate of drug-likeness (QED) is 0.825. The molecule has 3 heteroatoms. The van der Waals surface area contributed by atoms with E-state index in [4.69, 9.17) is 0 Å². The van der Waals surface area contributed by atoms with E-state index in [1.807, 2.05) is 31.2 Å². The molecule has 1 heterocycles. The minimum atomic E-state index is -0.194. The van der Waals surface area contributed by atoms with Gasteiger partial charge in [0.25, 0.3) is 0 Å². The third-order valence-electron chi connectivity index (χ3n) is 2.68. The van der Waals surface area contributed by atoms with E-state index >= 15 is 0 Å². The van der Waals surface area contributed by atoms with Gasteiger partial charge >= 0.3 is 0 Å². The van der Waals surface area contributed by atoms with Crippen LogP contribution in [-0.4, -0.2) is 17.8 Å². The van der Waals surface area contributed by atoms with Gasteiger partial charge in [-0.15, -0.1) is 0 Å². The number of amides is 1. The molecule has 1 aliphatic heterocycles. The van der Waals surface area contributed by atoms with Gasteiger partial charge in [-0.3, -0.25) is 9.79 Å². The van der Waals surface area contributed by atoms with E-state index < -0.39 is 0 Å². The first-order valence-electron chi connectivity index (χ1n) is 5.66. The van der Waals surface area contributed by atoms with Crippen LogP contribution in [0.1, 0.15) is 30.9 Å². The number of carbonyl (C=O) groups is 1. The van der Waals surface area contributed by atoms with Crippen LogP contribution in [-0.2, 0) is 4.79 Å². The Morgan fingerprint density at radius 2 is 2.25 bits per heavy atom. The van der Waals surface area contributed by atoms with Gasteiger partial charge in [-0.05, 0) is 19.4 Å². The molecule has 1 unspecified atom stereocenters. The molecule has 0 aromatic heterocycles. The van der Waals surface area contributed by atoms with Crippen molar-refractivity contribution in [3.63, 3.8) is 0 Å². The zero-order chi connectivity index (χ0) is 11.5. The largest absolute Gasteiger partial charge is 0.309 e. The number of aliphatic imine (C=N–C) groups is 1. The fraction of sp³-hybridized carbons (Fsp3) is 0.385. The number of nitrogens with zero attached hydrogens (tertiary/aromatic N) is 1. The summed E-state index contributed by atoms with van der Waals surface area (Å²) in [5.41, 5.74) is 2.17. The lowest BCUT2D eigenvalue weighted by molar-refractivity contribution is -0.120. The lowest BCUT2D eigenvalue weighted by Crippen LogP contribution is -2.29. The number of rotatable bonds is 3. The summed E-state index contributed by atoms with van der Waals surface area (Å²) in [4.78, 5) is 16.0. The van der Waals surface area contributed by atoms with Gasteiger partial charge < -0.3 is 5.32 Å². The summed E-state index contributed by atoms with van der Waals surface area (Å²) in [5.74, 6) is 0.741. The number of aryl methyl sites for hydroxylation is 1. The van der Waals surface area contributed by atoms with Crippen molar-refractivity contribution in [2.45, 2.75) is 32.7 Å². The zero-order valence-corrected chi connectivity index (χ0v) is 9.66. The average molecular weight is 216 g/mol. The maximum Gasteiger partial charge on any atom is 0.250 e. The average Bonchev–Trinajstić information content (AvgIpc) is 2.61. The monoisotopic (exact) mass is 216 g/mol. The molecule has 0 aliphatic carbocycles. The minimum absolute atomic E-state index is 0.0263. The van der Waals surface area contributed by atoms with Crippen molar-refractivity contribution in [1.29, 1.82) is 0 Å². The molecule has 0 bridgehead atoms. The predicted molar refractivity (Wildman–Crippen MR) is 64.6 cm³/mol. The van der Waals surface area contributed by atoms with Crippen molar-refractivity contribution < 1.29 is 4.79 Å². The number of benzene rings is 1. The molecule has 1 aliphatic rings. The first-order chi connectivity index (χ1) is 7.70. The van der Waals surface area contributed by atoms with Gasteiger partial charge in [0.1, 0.15) is 11.9 Å². The second-order valence-electron chi connectivity index (χ2n) is 4.14. The first-order valence-corrected chi connectivity index (χ1v) is 5.66. The molecule has 0 saturated heterocycles. The molecular weight excluding hydrogens is 200 g/mol. The topological polar surface area (TPSA) is 41.5 Å². The Balaban J connectivity index is 2.23. The number of nitrogens with one attached hydrogen (secondary N) is 1. The minimum Gasteiger partial charge on any atom is -0.309 e. The molecule has 0 spiro atoms. The van der Waals surface area contributed by atoms with Crippen LogP contribution in [0.25, 0.3) is 0 Å². The highest BCUT2D eigenvalue weighted by molar-refractivity contribution is 6.13. The van der Waals surface area contributed by atoms with Crippen molar-refractivity contribution in [3.8, 4) is 0 Å². The third-order valence-corrected chi connectivity index (χ3v) is 2.68. The van der Waals surface area contributed by atoms with Gasteiger partial charge in [0.2, 0.25) is 5.91 Å². The SMILES string of the molecule is CCCC1N=C(c2cccc(C)c2)NC1=O. The molecule has 84 valence electrons. The van der Waals surface area contributed by atoms with E-state index in [-0.39, 0.29) is 11.9 Å². The molecule has 1 aromatic rings. The van der Waals surface area contributed by atoms with Crippen molar-refractivity contribution in [3.05, 3.63) is 35.4 Å². The van der Waals surface area contributed by atoms with Crippen LogP contribution in [0, 0.1) is 6.92 Å². The molecule has 2 rings (SSSR count). The van der Waals surface area contributed by atoms with E-state index in [2.05, 4.69) is 17.2 Å². The smallest absolute Gasteiger partial charge is 0.250 e. The van der Waals surface area contributed by atoms with Crippen LogP contribution in [0.3, 0.4) is 0 Å². The Hall–Kier alpha value is -1.64. The van der Waals surface area contributed by atoms with Gasteiger partial charge in [-0.1, -0.05) is 37.1 Å². The molecule has 1 atom stereocenters. The standard InChI is InChI=1S/C13H16N2O/c1-3-5-11-13(16)15-12(14-11)10-7-4-6-9(2)8-10/h4,6-8,11H,3,5H2,1-2H3,(H,14,15,16). The van der Waals surface area contributed by atoms with E-state index in [0.29, 0.717) is 5.84 Å². The first kappa shape index (κ1) is 10.9. The van der Waals surface area contributed by atoms with E-state index in [0.717, 1.165) is 18.4 Å². The lowest BCUT2D eigenvalue weighted by atomic mass is 10.1. The second-order valence-corrected chi connectivity index (χ2v) is 4.14. The maximum atomic E-state index is 11.6. The van der Waals surface area contributed by atoms with Gasteiger partial charge in [-0.2, -0.15) is 0 Å². The maximum absolute atomic E-state index is 11.6. The van der Waals surface area contributed by atoms with Gasteiger partial charge in [-0.25, -0.2) is 0 Å². The van der Waals surface area contributed by atoms with E-state index in [9.17, 15) is 4.79 Å². The van der Waals surface area contributed by atoms with Crippen molar-refractivity contribution in [2.24, 2.45) is 4.99 Å². The number of amidine groups is 1. The highest BCUT2D eigenvalue weighted by Gasteiger charge is 2.25. The molecule has 1 N–H and O–H groups in total. The fourth-order valence-electron chi connectivity index (χ4n) is 1.85. The van der Waals surface area contributed by atoms with Crippen molar-refractivity contribution in [1.82, 2.24) is 5.32 Å². The molecule has 16 heavy (non-hydrogen) atoms. The molecule has 0 saturated carbocycles. The molecule has 3 nitrogen and oxygen atoms in total. The summed E-state index contributed by atoms with van der Waals surface area (Å²) in [6.07, 6.45) is 1.80. The van der Waals surface area contributed by atoms with Crippen molar-refractivity contribution >= 4 is 11.7 Å². The second kappa shape index (κ2) is 4.47. The summed E-state index contributed by atoms with van der Waals surface area (Å²) in [7, 11) is 0.